The summed E-state index contributed by atoms with van der Waals surface area (Å²) in [5.41, 5.74) is 5.99. The van der Waals surface area contributed by atoms with Crippen molar-refractivity contribution >= 4 is 0 Å². The van der Waals surface area contributed by atoms with E-state index >= 15 is 0 Å². The zero-order valence-corrected chi connectivity index (χ0v) is 13.6. The van der Waals surface area contributed by atoms with Crippen LogP contribution in [0.1, 0.15) is 60.8 Å². The Bertz CT molecular complexity index is 176. The van der Waals surface area contributed by atoms with Crippen molar-refractivity contribution in [3.05, 3.63) is 0 Å². The second-order valence-corrected chi connectivity index (χ2v) is 6.92. The largest absolute Gasteiger partial charge is 0.329 e. The minimum atomic E-state index is 0.572. The molecule has 0 aliphatic heterocycles. The summed E-state index contributed by atoms with van der Waals surface area (Å²) < 4.78 is 0. The predicted octanol–water partition coefficient (Wildman–Crippen LogP) is 3.75. The molecule has 0 saturated heterocycles. The summed E-state index contributed by atoms with van der Waals surface area (Å²) in [6, 6.07) is 0.572. The van der Waals surface area contributed by atoms with Crippen LogP contribution >= 0.6 is 0 Å². The van der Waals surface area contributed by atoms with E-state index in [1.807, 2.05) is 0 Å². The number of hydrogen-bond donors (Lipinski definition) is 1. The van der Waals surface area contributed by atoms with E-state index in [0.717, 1.165) is 24.3 Å². The van der Waals surface area contributed by atoms with Crippen LogP contribution in [-0.2, 0) is 0 Å². The maximum atomic E-state index is 5.99. The maximum Gasteiger partial charge on any atom is 0.0220 e. The van der Waals surface area contributed by atoms with Gasteiger partial charge in [0.25, 0.3) is 0 Å². The normalized spacial score (nSPS) is 14.2. The Morgan fingerprint density at radius 3 is 1.50 bits per heavy atom. The van der Waals surface area contributed by atoms with Gasteiger partial charge in [0, 0.05) is 12.6 Å². The Morgan fingerprint density at radius 2 is 1.22 bits per heavy atom. The van der Waals surface area contributed by atoms with Crippen LogP contribution in [0.15, 0.2) is 0 Å². The molecule has 1 unspecified atom stereocenters. The van der Waals surface area contributed by atoms with Gasteiger partial charge in [-0.2, -0.15) is 0 Å². The third-order valence-corrected chi connectivity index (χ3v) is 3.52. The molecule has 110 valence electrons. The summed E-state index contributed by atoms with van der Waals surface area (Å²) in [6.07, 6.45) is 3.80. The van der Waals surface area contributed by atoms with Gasteiger partial charge in [0.15, 0.2) is 0 Å². The fraction of sp³-hybridized carbons (Fsp3) is 1.00. The highest BCUT2D eigenvalue weighted by Gasteiger charge is 2.18. The van der Waals surface area contributed by atoms with Crippen molar-refractivity contribution < 1.29 is 0 Å². The van der Waals surface area contributed by atoms with Gasteiger partial charge in [-0.05, 0) is 50.1 Å². The minimum absolute atomic E-state index is 0.572. The molecule has 0 spiro atoms. The van der Waals surface area contributed by atoms with Crippen LogP contribution in [0.3, 0.4) is 0 Å². The minimum Gasteiger partial charge on any atom is -0.329 e. The molecule has 18 heavy (non-hydrogen) atoms. The second-order valence-electron chi connectivity index (χ2n) is 6.92. The highest BCUT2D eigenvalue weighted by atomic mass is 15.2. The monoisotopic (exact) mass is 256 g/mol. The lowest BCUT2D eigenvalue weighted by Gasteiger charge is -2.33. The van der Waals surface area contributed by atoms with Crippen molar-refractivity contribution in [2.45, 2.75) is 66.8 Å². The van der Waals surface area contributed by atoms with E-state index in [1.54, 1.807) is 0 Å². The Balaban J connectivity index is 4.38. The van der Waals surface area contributed by atoms with Gasteiger partial charge in [0.1, 0.15) is 0 Å². The molecule has 2 N–H and O–H groups in total. The Kier molecular flexibility index (Phi) is 9.76. The zero-order chi connectivity index (χ0) is 14.1. The van der Waals surface area contributed by atoms with E-state index < -0.39 is 0 Å². The average Bonchev–Trinajstić information content (AvgIpc) is 2.25. The first-order valence-corrected chi connectivity index (χ1v) is 7.80. The van der Waals surface area contributed by atoms with Crippen LogP contribution in [0.2, 0.25) is 0 Å². The van der Waals surface area contributed by atoms with Crippen LogP contribution in [0.25, 0.3) is 0 Å². The van der Waals surface area contributed by atoms with Crippen LogP contribution in [-0.4, -0.2) is 30.6 Å². The van der Waals surface area contributed by atoms with Gasteiger partial charge in [0.2, 0.25) is 0 Å². The third-order valence-electron chi connectivity index (χ3n) is 3.52. The highest BCUT2D eigenvalue weighted by Crippen LogP contribution is 2.15. The predicted molar refractivity (Wildman–Crippen MR) is 82.8 cm³/mol. The summed E-state index contributed by atoms with van der Waals surface area (Å²) in [6.45, 7) is 17.0. The summed E-state index contributed by atoms with van der Waals surface area (Å²) >= 11 is 0. The summed E-state index contributed by atoms with van der Waals surface area (Å²) in [7, 11) is 0. The standard InChI is InChI=1S/C16H36N2/c1-13(2)7-9-18(10-8-14(3)4)16(12-17)11-15(5)6/h13-16H,7-12,17H2,1-6H3. The van der Waals surface area contributed by atoms with Crippen molar-refractivity contribution in [2.75, 3.05) is 19.6 Å². The molecule has 0 aliphatic carbocycles. The van der Waals surface area contributed by atoms with E-state index in [9.17, 15) is 0 Å². The third kappa shape index (κ3) is 8.93. The SMILES string of the molecule is CC(C)CCN(CCC(C)C)C(CN)CC(C)C. The lowest BCUT2D eigenvalue weighted by Crippen LogP contribution is -2.43. The molecule has 0 aromatic rings. The molecule has 0 rings (SSSR count). The van der Waals surface area contributed by atoms with E-state index in [4.69, 9.17) is 5.73 Å². The number of hydrogen-bond acceptors (Lipinski definition) is 2. The molecule has 0 heterocycles. The molecule has 2 heteroatoms. The van der Waals surface area contributed by atoms with E-state index in [1.165, 1.54) is 32.4 Å². The van der Waals surface area contributed by atoms with Gasteiger partial charge >= 0.3 is 0 Å². The maximum absolute atomic E-state index is 5.99. The molecule has 0 saturated carbocycles. The van der Waals surface area contributed by atoms with Crippen molar-refractivity contribution in [3.8, 4) is 0 Å². The smallest absolute Gasteiger partial charge is 0.0220 e. The molecule has 0 bridgehead atoms. The molecule has 0 amide bonds. The van der Waals surface area contributed by atoms with Crippen molar-refractivity contribution in [2.24, 2.45) is 23.5 Å². The summed E-state index contributed by atoms with van der Waals surface area (Å²) in [5, 5.41) is 0. The molecule has 0 aliphatic rings. The van der Waals surface area contributed by atoms with Gasteiger partial charge in [-0.1, -0.05) is 41.5 Å². The first-order chi connectivity index (χ1) is 8.36. The average molecular weight is 256 g/mol. The molecular weight excluding hydrogens is 220 g/mol. The summed E-state index contributed by atoms with van der Waals surface area (Å²) in [4.78, 5) is 2.64. The van der Waals surface area contributed by atoms with Crippen LogP contribution in [0.5, 0.6) is 0 Å². The molecule has 0 radical (unpaired) electrons. The molecule has 0 fully saturated rings. The Morgan fingerprint density at radius 1 is 0.778 bits per heavy atom. The first-order valence-electron chi connectivity index (χ1n) is 7.80. The van der Waals surface area contributed by atoms with E-state index in [0.29, 0.717) is 6.04 Å². The van der Waals surface area contributed by atoms with Gasteiger partial charge in [-0.25, -0.2) is 0 Å². The highest BCUT2D eigenvalue weighted by molar-refractivity contribution is 4.75. The number of rotatable bonds is 10. The van der Waals surface area contributed by atoms with Crippen LogP contribution < -0.4 is 5.73 Å². The van der Waals surface area contributed by atoms with Crippen LogP contribution in [0, 0.1) is 17.8 Å². The van der Waals surface area contributed by atoms with Crippen molar-refractivity contribution in [1.29, 1.82) is 0 Å². The van der Waals surface area contributed by atoms with E-state index in [2.05, 4.69) is 46.4 Å². The van der Waals surface area contributed by atoms with Crippen molar-refractivity contribution in [3.63, 3.8) is 0 Å². The van der Waals surface area contributed by atoms with Gasteiger partial charge in [-0.15, -0.1) is 0 Å². The lowest BCUT2D eigenvalue weighted by molar-refractivity contribution is 0.161. The zero-order valence-electron chi connectivity index (χ0n) is 13.6. The lowest BCUT2D eigenvalue weighted by atomic mass is 10.00. The molecule has 1 atom stereocenters. The Hall–Kier alpha value is -0.0800. The summed E-state index contributed by atoms with van der Waals surface area (Å²) in [5.74, 6) is 2.30. The molecule has 2 nitrogen and oxygen atoms in total. The van der Waals surface area contributed by atoms with Gasteiger partial charge in [0.05, 0.1) is 0 Å². The molecule has 0 aromatic carbocycles. The van der Waals surface area contributed by atoms with Crippen molar-refractivity contribution in [1.82, 2.24) is 4.90 Å². The number of nitrogens with zero attached hydrogens (tertiary/aromatic N) is 1. The number of nitrogens with two attached hydrogens (primary N) is 1. The fourth-order valence-electron chi connectivity index (χ4n) is 2.26. The second kappa shape index (κ2) is 9.80. The fourth-order valence-corrected chi connectivity index (χ4v) is 2.26. The van der Waals surface area contributed by atoms with E-state index in [-0.39, 0.29) is 0 Å². The van der Waals surface area contributed by atoms with Gasteiger partial charge in [-0.3, -0.25) is 4.90 Å². The molecule has 0 aromatic heterocycles. The first kappa shape index (κ1) is 17.9. The topological polar surface area (TPSA) is 29.3 Å². The van der Waals surface area contributed by atoms with Gasteiger partial charge < -0.3 is 5.73 Å². The quantitative estimate of drug-likeness (QED) is 0.645. The van der Waals surface area contributed by atoms with Crippen LogP contribution in [0.4, 0.5) is 0 Å². The Labute approximate surface area is 115 Å². The molecular formula is C16H36N2.